The largest absolute Gasteiger partial charge is 0.391 e. The minimum atomic E-state index is -0.741. The number of hydrogen-bond donors (Lipinski definition) is 2. The Kier molecular flexibility index (Phi) is 6.14. The predicted molar refractivity (Wildman–Crippen MR) is 69.2 cm³/mol. The highest BCUT2D eigenvalue weighted by Crippen LogP contribution is 2.28. The van der Waals surface area contributed by atoms with Gasteiger partial charge in [0.05, 0.1) is 12.0 Å². The van der Waals surface area contributed by atoms with Crippen molar-refractivity contribution in [3.8, 4) is 0 Å². The van der Waals surface area contributed by atoms with Crippen molar-refractivity contribution < 1.29 is 9.90 Å². The fourth-order valence-electron chi connectivity index (χ4n) is 2.81. The van der Waals surface area contributed by atoms with Gasteiger partial charge in [0.1, 0.15) is 0 Å². The molecule has 0 bridgehead atoms. The van der Waals surface area contributed by atoms with Gasteiger partial charge in [-0.05, 0) is 18.3 Å². The third-order valence-corrected chi connectivity index (χ3v) is 3.99. The minimum absolute atomic E-state index is 0.0971. The summed E-state index contributed by atoms with van der Waals surface area (Å²) < 4.78 is 0. The molecular formula is C14H26NO2. The zero-order chi connectivity index (χ0) is 12.8. The molecule has 3 atom stereocenters. The van der Waals surface area contributed by atoms with Crippen LogP contribution in [-0.2, 0) is 4.79 Å². The van der Waals surface area contributed by atoms with Crippen molar-refractivity contribution in [1.82, 2.24) is 0 Å². The van der Waals surface area contributed by atoms with Gasteiger partial charge in [0, 0.05) is 6.04 Å². The lowest BCUT2D eigenvalue weighted by Gasteiger charge is -2.30. The highest BCUT2D eigenvalue weighted by molar-refractivity contribution is 5.56. The zero-order valence-corrected chi connectivity index (χ0v) is 11.1. The first-order chi connectivity index (χ1) is 8.06. The van der Waals surface area contributed by atoms with Crippen molar-refractivity contribution in [2.24, 2.45) is 23.5 Å². The predicted octanol–water partition coefficient (Wildman–Crippen LogP) is 2.03. The van der Waals surface area contributed by atoms with E-state index in [-0.39, 0.29) is 12.0 Å². The van der Waals surface area contributed by atoms with Gasteiger partial charge in [-0.15, -0.1) is 0 Å². The second kappa shape index (κ2) is 7.12. The summed E-state index contributed by atoms with van der Waals surface area (Å²) in [6.07, 6.45) is 8.36. The number of aliphatic hydroxyl groups is 1. The average Bonchev–Trinajstić information content (AvgIpc) is 2.30. The molecule has 0 aromatic rings. The van der Waals surface area contributed by atoms with Crippen LogP contribution in [0.5, 0.6) is 0 Å². The van der Waals surface area contributed by atoms with Gasteiger partial charge in [0.15, 0.2) is 0 Å². The Labute approximate surface area is 105 Å². The molecule has 17 heavy (non-hydrogen) atoms. The highest BCUT2D eigenvalue weighted by atomic mass is 16.3. The quantitative estimate of drug-likeness (QED) is 0.746. The number of rotatable bonds is 6. The highest BCUT2D eigenvalue weighted by Gasteiger charge is 2.30. The Morgan fingerprint density at radius 3 is 2.35 bits per heavy atom. The zero-order valence-electron chi connectivity index (χ0n) is 11.1. The van der Waals surface area contributed by atoms with Crippen LogP contribution in [0.3, 0.4) is 0 Å². The molecule has 1 saturated carbocycles. The van der Waals surface area contributed by atoms with Gasteiger partial charge < -0.3 is 10.8 Å². The van der Waals surface area contributed by atoms with Gasteiger partial charge in [-0.25, -0.2) is 0 Å². The van der Waals surface area contributed by atoms with Crippen molar-refractivity contribution in [3.05, 3.63) is 0 Å². The van der Waals surface area contributed by atoms with Crippen LogP contribution in [0.15, 0.2) is 0 Å². The summed E-state index contributed by atoms with van der Waals surface area (Å²) in [4.78, 5) is 10.8. The van der Waals surface area contributed by atoms with E-state index >= 15 is 0 Å². The molecule has 1 aliphatic rings. The van der Waals surface area contributed by atoms with Crippen LogP contribution < -0.4 is 5.73 Å². The lowest BCUT2D eigenvalue weighted by molar-refractivity contribution is 0.0774. The first kappa shape index (κ1) is 14.7. The summed E-state index contributed by atoms with van der Waals surface area (Å²) in [5, 5.41) is 10.1. The van der Waals surface area contributed by atoms with Gasteiger partial charge in [-0.2, -0.15) is 0 Å². The van der Waals surface area contributed by atoms with Crippen LogP contribution >= 0.6 is 0 Å². The number of carbonyl (C=O) groups excluding carboxylic acids is 1. The maximum absolute atomic E-state index is 10.8. The maximum atomic E-state index is 10.8. The molecule has 1 radical (unpaired) electrons. The fourth-order valence-corrected chi connectivity index (χ4v) is 2.81. The van der Waals surface area contributed by atoms with Crippen LogP contribution in [0.25, 0.3) is 0 Å². The van der Waals surface area contributed by atoms with Crippen LogP contribution in [0.4, 0.5) is 0 Å². The van der Waals surface area contributed by atoms with Gasteiger partial charge >= 0.3 is 0 Å². The molecule has 1 aliphatic carbocycles. The van der Waals surface area contributed by atoms with Crippen LogP contribution in [0, 0.1) is 17.8 Å². The van der Waals surface area contributed by atoms with E-state index in [1.54, 1.807) is 0 Å². The van der Waals surface area contributed by atoms with Crippen molar-refractivity contribution in [2.75, 3.05) is 0 Å². The first-order valence-electron chi connectivity index (χ1n) is 6.87. The Morgan fingerprint density at radius 2 is 1.88 bits per heavy atom. The lowest BCUT2D eigenvalue weighted by Crippen LogP contribution is -2.43. The molecule has 3 heteroatoms. The SMILES string of the molecule is CC(C)C([C]=O)C(O)C(N)CC1CCCCC1. The van der Waals surface area contributed by atoms with E-state index in [2.05, 4.69) is 0 Å². The summed E-state index contributed by atoms with van der Waals surface area (Å²) >= 11 is 0. The maximum Gasteiger partial charge on any atom is 0.204 e. The Bertz CT molecular complexity index is 224. The molecule has 1 fully saturated rings. The van der Waals surface area contributed by atoms with Gasteiger partial charge in [-0.1, -0.05) is 46.0 Å². The summed E-state index contributed by atoms with van der Waals surface area (Å²) in [5.74, 6) is 0.279. The second-order valence-electron chi connectivity index (χ2n) is 5.78. The van der Waals surface area contributed by atoms with Crippen molar-refractivity contribution in [3.63, 3.8) is 0 Å². The topological polar surface area (TPSA) is 63.3 Å². The molecule has 1 rings (SSSR count). The lowest BCUT2D eigenvalue weighted by atomic mass is 9.80. The molecule has 0 aromatic heterocycles. The average molecular weight is 240 g/mol. The van der Waals surface area contributed by atoms with E-state index in [1.807, 2.05) is 20.1 Å². The second-order valence-corrected chi connectivity index (χ2v) is 5.78. The third kappa shape index (κ3) is 4.40. The number of hydrogen-bond acceptors (Lipinski definition) is 3. The van der Waals surface area contributed by atoms with E-state index < -0.39 is 12.0 Å². The molecule has 99 valence electrons. The monoisotopic (exact) mass is 240 g/mol. The smallest absolute Gasteiger partial charge is 0.204 e. The molecule has 0 amide bonds. The molecule has 3 N–H and O–H groups in total. The van der Waals surface area contributed by atoms with Gasteiger partial charge in [0.2, 0.25) is 6.29 Å². The molecule has 3 nitrogen and oxygen atoms in total. The molecule has 0 saturated heterocycles. The van der Waals surface area contributed by atoms with Crippen LogP contribution in [0.1, 0.15) is 52.4 Å². The summed E-state index contributed by atoms with van der Waals surface area (Å²) in [5.41, 5.74) is 6.03. The number of nitrogens with two attached hydrogens (primary N) is 1. The summed E-state index contributed by atoms with van der Waals surface area (Å²) in [6.45, 7) is 3.85. The summed E-state index contributed by atoms with van der Waals surface area (Å²) in [7, 11) is 0. The van der Waals surface area contributed by atoms with E-state index in [0.717, 1.165) is 6.42 Å². The minimum Gasteiger partial charge on any atom is -0.391 e. The summed E-state index contributed by atoms with van der Waals surface area (Å²) in [6, 6.07) is -0.285. The van der Waals surface area contributed by atoms with Crippen molar-refractivity contribution in [2.45, 2.75) is 64.5 Å². The third-order valence-electron chi connectivity index (χ3n) is 3.99. The Balaban J connectivity index is 2.44. The molecule has 0 heterocycles. The normalized spacial score (nSPS) is 23.4. The molecule has 0 spiro atoms. The van der Waals surface area contributed by atoms with Gasteiger partial charge in [0.25, 0.3) is 0 Å². The van der Waals surface area contributed by atoms with Crippen molar-refractivity contribution >= 4 is 6.29 Å². The molecule has 0 aromatic carbocycles. The van der Waals surface area contributed by atoms with Crippen LogP contribution in [0.2, 0.25) is 0 Å². The van der Waals surface area contributed by atoms with E-state index in [4.69, 9.17) is 5.73 Å². The number of aliphatic hydroxyl groups excluding tert-OH is 1. The fraction of sp³-hybridized carbons (Fsp3) is 0.929. The van der Waals surface area contributed by atoms with E-state index in [1.165, 1.54) is 32.1 Å². The molecular weight excluding hydrogens is 214 g/mol. The van der Waals surface area contributed by atoms with Gasteiger partial charge in [-0.3, -0.25) is 4.79 Å². The van der Waals surface area contributed by atoms with Crippen LogP contribution in [-0.4, -0.2) is 23.5 Å². The van der Waals surface area contributed by atoms with Crippen molar-refractivity contribution in [1.29, 1.82) is 0 Å². The Hall–Kier alpha value is -0.410. The Morgan fingerprint density at radius 1 is 1.29 bits per heavy atom. The molecule has 3 unspecified atom stereocenters. The molecule has 0 aliphatic heterocycles. The van der Waals surface area contributed by atoms with E-state index in [0.29, 0.717) is 5.92 Å². The first-order valence-corrected chi connectivity index (χ1v) is 6.87. The van der Waals surface area contributed by atoms with E-state index in [9.17, 15) is 9.90 Å². The standard InChI is InChI=1S/C14H26NO2/c1-10(2)12(9-16)14(17)13(15)8-11-6-4-3-5-7-11/h10-14,17H,3-8,15H2,1-2H3.